The number of carbonyl (C=O) groups excluding carboxylic acids is 4. The second-order valence-electron chi connectivity index (χ2n) is 18.3. The van der Waals surface area contributed by atoms with Gasteiger partial charge in [-0.1, -0.05) is 58.0 Å². The van der Waals surface area contributed by atoms with Crippen LogP contribution in [-0.2, 0) is 31.0 Å². The fraction of sp³-hybridized carbons (Fsp3) is 0.449. The summed E-state index contributed by atoms with van der Waals surface area (Å²) in [5.74, 6) is -6.62. The van der Waals surface area contributed by atoms with E-state index in [1.807, 2.05) is 24.3 Å². The van der Waals surface area contributed by atoms with E-state index in [9.17, 15) is 44.4 Å². The Hall–Kier alpha value is -6.51. The SMILES string of the molecule is Cc1nc(-c2ccc(C(C)(C)C)cc2)nc(N)c1C(=O)C[C@@H](CCN)C(=O)N(C)[C@@H]1C(=O)C[C@@H](C)C(=O)N[C@H](C(=O)O)Cc2ccc(OC[C@H](O)CN)c(c2)-c2cc1cc(OC[C@H](O)CN)c2O. The first-order valence-electron chi connectivity index (χ1n) is 22.4. The van der Waals surface area contributed by atoms with Crippen molar-refractivity contribution >= 4 is 35.2 Å². The molecule has 0 radical (unpaired) electrons. The van der Waals surface area contributed by atoms with Crippen LogP contribution < -0.4 is 37.7 Å². The van der Waals surface area contributed by atoms with Crippen LogP contribution in [0, 0.1) is 18.8 Å². The van der Waals surface area contributed by atoms with Gasteiger partial charge in [-0.05, 0) is 66.3 Å². The largest absolute Gasteiger partial charge is 0.504 e. The van der Waals surface area contributed by atoms with Gasteiger partial charge in [0.25, 0.3) is 0 Å². The number of nitrogens with zero attached hydrogens (tertiary/aromatic N) is 3. The lowest BCUT2D eigenvalue weighted by Crippen LogP contribution is -2.45. The van der Waals surface area contributed by atoms with Crippen LogP contribution in [0.25, 0.3) is 22.5 Å². The third-order valence-electron chi connectivity index (χ3n) is 11.9. The van der Waals surface area contributed by atoms with Crippen LogP contribution in [0.1, 0.15) is 85.7 Å². The van der Waals surface area contributed by atoms with Gasteiger partial charge in [0.1, 0.15) is 49.1 Å². The highest BCUT2D eigenvalue weighted by Gasteiger charge is 2.37. The number of aliphatic carboxylic acids is 1. The standard InChI is InChI=1S/C49H64N8O11/c1-25-15-38(61)42(57(6)47(64)29(13-14-50)19-37(60)41-26(2)54-45(56-44(41)53)28-8-10-31(11-9-28)49(3,4)5)30-18-35(43(62)40(20-30)68-24-33(59)22-52)34-16-27(17-36(48(65)66)55-46(25)63)7-12-39(34)67-23-32(58)21-51/h7-12,16,18,20,25,29,32-33,36,42,58-59,62H,13-15,17,19,21-24,50-52H2,1-6H3,(H,55,63)(H,65,66)(H2,53,54,56)/t25-,29-,32-,33-,36+,42+/m1/s1. The number of aliphatic hydroxyl groups is 2. The molecule has 2 amide bonds. The van der Waals surface area contributed by atoms with Crippen LogP contribution in [-0.4, -0.2) is 123 Å². The normalized spacial score (nSPS) is 17.8. The number of carbonyl (C=O) groups is 5. The van der Waals surface area contributed by atoms with E-state index in [-0.39, 0.29) is 89.8 Å². The molecule has 19 nitrogen and oxygen atoms in total. The van der Waals surface area contributed by atoms with Crippen LogP contribution in [0.5, 0.6) is 17.2 Å². The molecule has 366 valence electrons. The molecule has 68 heavy (non-hydrogen) atoms. The van der Waals surface area contributed by atoms with E-state index in [0.717, 1.165) is 10.5 Å². The highest BCUT2D eigenvalue weighted by Crippen LogP contribution is 2.45. The number of nitrogen functional groups attached to an aromatic ring is 1. The number of aromatic hydroxyl groups is 1. The highest BCUT2D eigenvalue weighted by molar-refractivity contribution is 6.03. The van der Waals surface area contributed by atoms with Gasteiger partial charge >= 0.3 is 5.97 Å². The molecular formula is C49H64N8O11. The number of amides is 2. The minimum atomic E-state index is -1.53. The van der Waals surface area contributed by atoms with Crippen molar-refractivity contribution < 1.29 is 53.9 Å². The molecule has 2 heterocycles. The van der Waals surface area contributed by atoms with Gasteiger partial charge in [0.2, 0.25) is 11.8 Å². The summed E-state index contributed by atoms with van der Waals surface area (Å²) in [6, 6.07) is 12.0. The Labute approximate surface area is 395 Å². The smallest absolute Gasteiger partial charge is 0.326 e. The molecule has 6 atom stereocenters. The van der Waals surface area contributed by atoms with Crippen LogP contribution in [0.3, 0.4) is 0 Å². The number of ether oxygens (including phenoxy) is 2. The Morgan fingerprint density at radius 2 is 1.53 bits per heavy atom. The molecule has 19 heteroatoms. The van der Waals surface area contributed by atoms with Crippen molar-refractivity contribution in [1.82, 2.24) is 20.2 Å². The third-order valence-corrected chi connectivity index (χ3v) is 11.9. The number of aryl methyl sites for hydroxylation is 1. The molecule has 4 bridgehead atoms. The number of carboxylic acids is 1. The van der Waals surface area contributed by atoms with Gasteiger partial charge in [-0.15, -0.1) is 0 Å². The number of hydrogen-bond acceptors (Lipinski definition) is 16. The van der Waals surface area contributed by atoms with Crippen molar-refractivity contribution in [2.45, 2.75) is 90.0 Å². The summed E-state index contributed by atoms with van der Waals surface area (Å²) in [7, 11) is 1.35. The Morgan fingerprint density at radius 1 is 0.897 bits per heavy atom. The molecule has 3 aromatic carbocycles. The van der Waals surface area contributed by atoms with Crippen LogP contribution in [0.4, 0.5) is 5.82 Å². The lowest BCUT2D eigenvalue weighted by atomic mass is 9.86. The number of phenolic OH excluding ortho intramolecular Hbond substituents is 1. The molecule has 4 aromatic rings. The number of anilines is 1. The number of ketones is 2. The molecule has 0 saturated heterocycles. The van der Waals surface area contributed by atoms with Crippen molar-refractivity contribution in [3.63, 3.8) is 0 Å². The van der Waals surface area contributed by atoms with Gasteiger partial charge in [-0.3, -0.25) is 19.2 Å². The summed E-state index contributed by atoms with van der Waals surface area (Å²) in [5.41, 5.74) is 26.4. The number of Topliss-reactive ketones (excluding diaryl/α,β-unsaturated/α-hetero) is 2. The lowest BCUT2D eigenvalue weighted by Gasteiger charge is -2.32. The molecule has 13 N–H and O–H groups in total. The van der Waals surface area contributed by atoms with Crippen molar-refractivity contribution in [1.29, 1.82) is 0 Å². The molecule has 0 fully saturated rings. The van der Waals surface area contributed by atoms with Crippen LogP contribution in [0.15, 0.2) is 54.6 Å². The number of aliphatic hydroxyl groups excluding tert-OH is 2. The third kappa shape index (κ3) is 12.5. The van der Waals surface area contributed by atoms with Crippen molar-refractivity contribution in [2.75, 3.05) is 45.6 Å². The zero-order valence-electron chi connectivity index (χ0n) is 39.3. The Balaban J connectivity index is 1.62. The number of nitrogens with two attached hydrogens (primary N) is 4. The predicted octanol–water partition coefficient (Wildman–Crippen LogP) is 2.56. The fourth-order valence-corrected chi connectivity index (χ4v) is 7.98. The van der Waals surface area contributed by atoms with Crippen molar-refractivity contribution in [3.05, 3.63) is 82.5 Å². The van der Waals surface area contributed by atoms with E-state index < -0.39 is 90.7 Å². The lowest BCUT2D eigenvalue weighted by molar-refractivity contribution is -0.144. The summed E-state index contributed by atoms with van der Waals surface area (Å²) in [6.07, 6.45) is -3.39. The first kappa shape index (κ1) is 52.5. The molecule has 0 spiro atoms. The molecule has 1 aromatic heterocycles. The molecule has 0 aliphatic carbocycles. The van der Waals surface area contributed by atoms with Gasteiger partial charge in [0.15, 0.2) is 28.9 Å². The second kappa shape index (κ2) is 22.5. The molecule has 0 saturated carbocycles. The zero-order chi connectivity index (χ0) is 50.2. The Bertz CT molecular complexity index is 2470. The highest BCUT2D eigenvalue weighted by atomic mass is 16.5. The second-order valence-corrected chi connectivity index (χ2v) is 18.3. The van der Waals surface area contributed by atoms with E-state index in [1.54, 1.807) is 13.0 Å². The van der Waals surface area contributed by atoms with Gasteiger partial charge in [-0.25, -0.2) is 14.8 Å². The van der Waals surface area contributed by atoms with Gasteiger partial charge in [-0.2, -0.15) is 0 Å². The number of phenols is 1. The Kier molecular flexibility index (Phi) is 17.4. The molecular weight excluding hydrogens is 877 g/mol. The number of likely N-dealkylation sites (N-methyl/N-ethyl adjacent to an activating group) is 1. The van der Waals surface area contributed by atoms with Crippen LogP contribution >= 0.6 is 0 Å². The number of nitrogens with one attached hydrogen (secondary N) is 1. The number of rotatable bonds is 17. The Morgan fingerprint density at radius 3 is 2.10 bits per heavy atom. The molecule has 1 aliphatic heterocycles. The van der Waals surface area contributed by atoms with E-state index in [1.165, 1.54) is 38.2 Å². The quantitative estimate of drug-likeness (QED) is 0.0687. The first-order valence-corrected chi connectivity index (χ1v) is 22.4. The molecule has 1 aliphatic rings. The van der Waals surface area contributed by atoms with E-state index in [2.05, 4.69) is 36.1 Å². The number of aromatic nitrogens is 2. The van der Waals surface area contributed by atoms with Crippen LogP contribution in [0.2, 0.25) is 0 Å². The average Bonchev–Trinajstić information content (AvgIpc) is 3.29. The van der Waals surface area contributed by atoms with E-state index >= 15 is 0 Å². The minimum Gasteiger partial charge on any atom is -0.504 e. The van der Waals surface area contributed by atoms with E-state index in [4.69, 9.17) is 32.4 Å². The van der Waals surface area contributed by atoms with Crippen molar-refractivity contribution in [3.8, 4) is 39.8 Å². The topological polar surface area (TPSA) is 330 Å². The fourth-order valence-electron chi connectivity index (χ4n) is 7.98. The predicted molar refractivity (Wildman–Crippen MR) is 254 cm³/mol. The summed E-state index contributed by atoms with van der Waals surface area (Å²) >= 11 is 0. The molecule has 0 unspecified atom stereocenters. The molecule has 5 rings (SSSR count). The average molecular weight is 941 g/mol. The number of benzene rings is 3. The first-order chi connectivity index (χ1) is 32.1. The maximum atomic E-state index is 14.8. The maximum Gasteiger partial charge on any atom is 0.326 e. The number of fused-ring (bicyclic) bond motifs is 5. The summed E-state index contributed by atoms with van der Waals surface area (Å²) in [4.78, 5) is 80.1. The summed E-state index contributed by atoms with van der Waals surface area (Å²) in [5, 5.41) is 45.3. The van der Waals surface area contributed by atoms with Gasteiger partial charge in [0.05, 0.1) is 11.3 Å². The minimum absolute atomic E-state index is 0.00244. The maximum absolute atomic E-state index is 14.8. The van der Waals surface area contributed by atoms with Gasteiger partial charge in [0, 0.05) is 67.9 Å². The van der Waals surface area contributed by atoms with E-state index in [0.29, 0.717) is 17.0 Å². The van der Waals surface area contributed by atoms with Crippen molar-refractivity contribution in [2.24, 2.45) is 29.0 Å². The number of carboxylic acid groups (broad SMARTS) is 1. The zero-order valence-corrected chi connectivity index (χ0v) is 39.3. The monoisotopic (exact) mass is 940 g/mol. The summed E-state index contributed by atoms with van der Waals surface area (Å²) < 4.78 is 11.9. The summed E-state index contributed by atoms with van der Waals surface area (Å²) in [6.45, 7) is 8.29. The number of hydrogen-bond donors (Lipinski definition) is 9. The van der Waals surface area contributed by atoms with Gasteiger partial charge < -0.3 is 63.1 Å².